The predicted molar refractivity (Wildman–Crippen MR) is 73.8 cm³/mol. The van der Waals surface area contributed by atoms with Crippen LogP contribution in [-0.4, -0.2) is 50.5 Å². The van der Waals surface area contributed by atoms with Crippen molar-refractivity contribution in [1.82, 2.24) is 4.90 Å². The third-order valence-electron chi connectivity index (χ3n) is 4.13. The smallest absolute Gasteiger partial charge is 0.254 e. The molecule has 4 nitrogen and oxygen atoms in total. The van der Waals surface area contributed by atoms with Crippen LogP contribution in [0.3, 0.4) is 0 Å². The second-order valence-corrected chi connectivity index (χ2v) is 5.84. The molecule has 0 bridgehead atoms. The van der Waals surface area contributed by atoms with Crippen molar-refractivity contribution in [3.05, 3.63) is 24.3 Å². The highest BCUT2D eigenvalue weighted by Gasteiger charge is 2.37. The average molecular weight is 299 g/mol. The molecule has 0 spiro atoms. The quantitative estimate of drug-likeness (QED) is 0.663. The van der Waals surface area contributed by atoms with Gasteiger partial charge in [0, 0.05) is 20.0 Å². The van der Waals surface area contributed by atoms with Crippen LogP contribution < -0.4 is 26.8 Å². The number of hydrogen-bond donors (Lipinski definition) is 1. The second-order valence-electron chi connectivity index (χ2n) is 5.84. The number of fused-ring (bicyclic) bond motifs is 1. The Labute approximate surface area is 127 Å². The van der Waals surface area contributed by atoms with Crippen LogP contribution in [0.25, 0.3) is 0 Å². The minimum absolute atomic E-state index is 0. The van der Waals surface area contributed by atoms with Gasteiger partial charge < -0.3 is 26.8 Å². The van der Waals surface area contributed by atoms with Gasteiger partial charge in [0.2, 0.25) is 0 Å². The first-order valence-electron chi connectivity index (χ1n) is 7.14. The van der Waals surface area contributed by atoms with Gasteiger partial charge in [0.25, 0.3) is 5.79 Å². The van der Waals surface area contributed by atoms with Gasteiger partial charge in [-0.2, -0.15) is 0 Å². The van der Waals surface area contributed by atoms with E-state index in [9.17, 15) is 0 Å². The predicted octanol–water partition coefficient (Wildman–Crippen LogP) is -2.60. The van der Waals surface area contributed by atoms with Gasteiger partial charge in [0.15, 0.2) is 11.5 Å². The number of ether oxygens (including phenoxy) is 2. The third kappa shape index (κ3) is 3.37. The molecule has 20 heavy (non-hydrogen) atoms. The molecule has 0 saturated carbocycles. The Bertz CT molecular complexity index is 422. The molecule has 5 heteroatoms. The minimum Gasteiger partial charge on any atom is -1.00 e. The van der Waals surface area contributed by atoms with E-state index < -0.39 is 5.79 Å². The third-order valence-corrected chi connectivity index (χ3v) is 4.13. The molecule has 0 radical (unpaired) electrons. The molecule has 2 heterocycles. The molecule has 112 valence electrons. The molecule has 0 amide bonds. The highest BCUT2D eigenvalue weighted by atomic mass is 35.5. The summed E-state index contributed by atoms with van der Waals surface area (Å²) in [6.07, 6.45) is 0.931. The largest absolute Gasteiger partial charge is 1.00 e. The van der Waals surface area contributed by atoms with E-state index in [1.54, 1.807) is 4.90 Å². The zero-order valence-electron chi connectivity index (χ0n) is 12.2. The van der Waals surface area contributed by atoms with E-state index in [0.717, 1.165) is 24.5 Å². The fourth-order valence-electron chi connectivity index (χ4n) is 2.80. The Morgan fingerprint density at radius 1 is 1.15 bits per heavy atom. The Kier molecular flexibility index (Phi) is 4.78. The SMILES string of the molecule is CN1CC[NH+](CCC2(C)Oc3ccccc3O2)CC1.[Cl-]. The van der Waals surface area contributed by atoms with Gasteiger partial charge in [-0.25, -0.2) is 0 Å². The number of nitrogens with one attached hydrogen (secondary N) is 1. The summed E-state index contributed by atoms with van der Waals surface area (Å²) in [6, 6.07) is 7.92. The number of likely N-dealkylation sites (N-methyl/N-ethyl adjacent to an activating group) is 1. The Morgan fingerprint density at radius 3 is 2.25 bits per heavy atom. The summed E-state index contributed by atoms with van der Waals surface area (Å²) in [4.78, 5) is 4.05. The molecule has 0 atom stereocenters. The first-order chi connectivity index (χ1) is 9.15. The Hall–Kier alpha value is -0.970. The van der Waals surface area contributed by atoms with Crippen molar-refractivity contribution in [3.8, 4) is 11.5 Å². The van der Waals surface area contributed by atoms with Crippen LogP contribution in [0.5, 0.6) is 11.5 Å². The summed E-state index contributed by atoms with van der Waals surface area (Å²) in [5.74, 6) is 1.26. The number of hydrogen-bond acceptors (Lipinski definition) is 3. The van der Waals surface area contributed by atoms with Gasteiger partial charge in [-0.1, -0.05) is 12.1 Å². The van der Waals surface area contributed by atoms with Crippen molar-refractivity contribution >= 4 is 0 Å². The number of para-hydroxylation sites is 2. The molecule has 3 rings (SSSR count). The van der Waals surface area contributed by atoms with Crippen LogP contribution in [0, 0.1) is 0 Å². The maximum Gasteiger partial charge on any atom is 0.254 e. The summed E-state index contributed by atoms with van der Waals surface area (Å²) < 4.78 is 11.9. The van der Waals surface area contributed by atoms with E-state index in [1.165, 1.54) is 26.2 Å². The monoisotopic (exact) mass is 298 g/mol. The topological polar surface area (TPSA) is 26.1 Å². The molecule has 1 aromatic rings. The molecule has 0 aromatic heterocycles. The summed E-state index contributed by atoms with van der Waals surface area (Å²) in [5.41, 5.74) is 0. The summed E-state index contributed by atoms with van der Waals surface area (Å²) in [6.45, 7) is 7.97. The lowest BCUT2D eigenvalue weighted by Crippen LogP contribution is -3.15. The van der Waals surface area contributed by atoms with E-state index in [1.807, 2.05) is 31.2 Å². The molecule has 1 saturated heterocycles. The van der Waals surface area contributed by atoms with Crippen LogP contribution in [0.4, 0.5) is 0 Å². The molecule has 1 N–H and O–H groups in total. The first-order valence-corrected chi connectivity index (χ1v) is 7.14. The van der Waals surface area contributed by atoms with E-state index in [2.05, 4.69) is 11.9 Å². The van der Waals surface area contributed by atoms with Crippen LogP contribution >= 0.6 is 0 Å². The van der Waals surface area contributed by atoms with Crippen LogP contribution in [0.1, 0.15) is 13.3 Å². The van der Waals surface area contributed by atoms with Gasteiger partial charge in [-0.15, -0.1) is 0 Å². The minimum atomic E-state index is -0.486. The summed E-state index contributed by atoms with van der Waals surface area (Å²) in [7, 11) is 2.19. The highest BCUT2D eigenvalue weighted by Crippen LogP contribution is 2.39. The van der Waals surface area contributed by atoms with Crippen molar-refractivity contribution in [2.24, 2.45) is 0 Å². The number of quaternary nitrogens is 1. The maximum absolute atomic E-state index is 5.96. The standard InChI is InChI=1S/C15H22N2O2.ClH/c1-15(7-8-17-11-9-16(2)10-12-17)18-13-5-3-4-6-14(13)19-15;/h3-6H,7-12H2,1-2H3;1H. The number of nitrogens with zero attached hydrogens (tertiary/aromatic N) is 1. The maximum atomic E-state index is 5.96. The van der Waals surface area contributed by atoms with Gasteiger partial charge in [-0.05, 0) is 19.2 Å². The lowest BCUT2D eigenvalue weighted by atomic mass is 10.2. The number of benzene rings is 1. The molecule has 2 aliphatic heterocycles. The first kappa shape index (κ1) is 15.4. The fourth-order valence-corrected chi connectivity index (χ4v) is 2.80. The van der Waals surface area contributed by atoms with Crippen molar-refractivity contribution in [1.29, 1.82) is 0 Å². The highest BCUT2D eigenvalue weighted by molar-refractivity contribution is 5.42. The normalized spacial score (nSPS) is 21.5. The zero-order chi connectivity index (χ0) is 13.3. The van der Waals surface area contributed by atoms with Crippen molar-refractivity contribution in [2.45, 2.75) is 19.1 Å². The Morgan fingerprint density at radius 2 is 1.70 bits per heavy atom. The summed E-state index contributed by atoms with van der Waals surface area (Å²) >= 11 is 0. The average Bonchev–Trinajstić information content (AvgIpc) is 2.75. The van der Waals surface area contributed by atoms with Crippen LogP contribution in [0.15, 0.2) is 24.3 Å². The van der Waals surface area contributed by atoms with Gasteiger partial charge >= 0.3 is 0 Å². The molecule has 2 aliphatic rings. The van der Waals surface area contributed by atoms with Gasteiger partial charge in [0.1, 0.15) is 0 Å². The van der Waals surface area contributed by atoms with Gasteiger partial charge in [-0.3, -0.25) is 4.90 Å². The molecular weight excluding hydrogens is 276 g/mol. The van der Waals surface area contributed by atoms with E-state index in [4.69, 9.17) is 9.47 Å². The van der Waals surface area contributed by atoms with E-state index in [-0.39, 0.29) is 12.4 Å². The van der Waals surface area contributed by atoms with E-state index >= 15 is 0 Å². The van der Waals surface area contributed by atoms with Crippen molar-refractivity contribution in [2.75, 3.05) is 39.8 Å². The number of rotatable bonds is 3. The van der Waals surface area contributed by atoms with Crippen LogP contribution in [0.2, 0.25) is 0 Å². The zero-order valence-corrected chi connectivity index (χ0v) is 12.9. The molecule has 0 unspecified atom stereocenters. The summed E-state index contributed by atoms with van der Waals surface area (Å²) in [5, 5.41) is 0. The van der Waals surface area contributed by atoms with Crippen molar-refractivity contribution < 1.29 is 26.8 Å². The molecule has 0 aliphatic carbocycles. The second kappa shape index (κ2) is 6.20. The molecular formula is C15H23ClN2O2. The van der Waals surface area contributed by atoms with E-state index in [0.29, 0.717) is 0 Å². The molecule has 1 aromatic carbocycles. The number of halogens is 1. The van der Waals surface area contributed by atoms with Crippen LogP contribution in [-0.2, 0) is 0 Å². The van der Waals surface area contributed by atoms with Gasteiger partial charge in [0.05, 0.1) is 26.1 Å². The molecule has 1 fully saturated rings. The fraction of sp³-hybridized carbons (Fsp3) is 0.600. The lowest BCUT2D eigenvalue weighted by Gasteiger charge is -2.31. The van der Waals surface area contributed by atoms with Crippen molar-refractivity contribution in [3.63, 3.8) is 0 Å². The number of piperazine rings is 1. The lowest BCUT2D eigenvalue weighted by molar-refractivity contribution is -0.905. The Balaban J connectivity index is 0.00000147.